The van der Waals surface area contributed by atoms with Crippen LogP contribution >= 0.6 is 0 Å². The standard InChI is InChI=1S/C11H18N2/c1-9(2)13(4)8-11-6-5-10(3)7-12-11/h5-7,9H,8H2,1-4H3. The lowest BCUT2D eigenvalue weighted by atomic mass is 10.2. The topological polar surface area (TPSA) is 16.1 Å². The minimum atomic E-state index is 0.572. The largest absolute Gasteiger partial charge is 0.298 e. The van der Waals surface area contributed by atoms with Crippen molar-refractivity contribution in [1.82, 2.24) is 9.88 Å². The zero-order valence-corrected chi connectivity index (χ0v) is 8.91. The second-order valence-corrected chi connectivity index (χ2v) is 3.84. The molecular formula is C11H18N2. The summed E-state index contributed by atoms with van der Waals surface area (Å²) in [6.07, 6.45) is 1.92. The molecule has 13 heavy (non-hydrogen) atoms. The lowest BCUT2D eigenvalue weighted by Gasteiger charge is -2.20. The summed E-state index contributed by atoms with van der Waals surface area (Å²) in [7, 11) is 2.12. The number of aromatic nitrogens is 1. The molecule has 0 spiro atoms. The Hall–Kier alpha value is -0.890. The van der Waals surface area contributed by atoms with E-state index in [0.29, 0.717) is 6.04 Å². The molecule has 0 radical (unpaired) electrons. The van der Waals surface area contributed by atoms with Crippen molar-refractivity contribution in [1.29, 1.82) is 0 Å². The van der Waals surface area contributed by atoms with Gasteiger partial charge in [0.25, 0.3) is 0 Å². The second kappa shape index (κ2) is 4.38. The number of hydrogen-bond acceptors (Lipinski definition) is 2. The van der Waals surface area contributed by atoms with Gasteiger partial charge in [0.15, 0.2) is 0 Å². The highest BCUT2D eigenvalue weighted by Crippen LogP contribution is 2.04. The molecule has 0 aliphatic carbocycles. The predicted octanol–water partition coefficient (Wildman–Crippen LogP) is 2.23. The predicted molar refractivity (Wildman–Crippen MR) is 55.6 cm³/mol. The van der Waals surface area contributed by atoms with Gasteiger partial charge in [-0.05, 0) is 39.4 Å². The van der Waals surface area contributed by atoms with E-state index < -0.39 is 0 Å². The Labute approximate surface area is 80.6 Å². The van der Waals surface area contributed by atoms with Crippen LogP contribution in [0, 0.1) is 6.92 Å². The van der Waals surface area contributed by atoms with E-state index in [9.17, 15) is 0 Å². The van der Waals surface area contributed by atoms with Crippen LogP contribution in [0.3, 0.4) is 0 Å². The molecule has 0 saturated heterocycles. The zero-order chi connectivity index (χ0) is 9.84. The highest BCUT2D eigenvalue weighted by molar-refractivity contribution is 5.11. The van der Waals surface area contributed by atoms with Crippen molar-refractivity contribution in [2.45, 2.75) is 33.4 Å². The van der Waals surface area contributed by atoms with Crippen molar-refractivity contribution in [3.8, 4) is 0 Å². The fraction of sp³-hybridized carbons (Fsp3) is 0.545. The first-order valence-corrected chi connectivity index (χ1v) is 4.71. The maximum absolute atomic E-state index is 4.36. The zero-order valence-electron chi connectivity index (χ0n) is 8.91. The van der Waals surface area contributed by atoms with Crippen LogP contribution in [0.15, 0.2) is 18.3 Å². The smallest absolute Gasteiger partial charge is 0.0544 e. The number of hydrogen-bond donors (Lipinski definition) is 0. The fourth-order valence-corrected chi connectivity index (χ4v) is 1.03. The monoisotopic (exact) mass is 178 g/mol. The van der Waals surface area contributed by atoms with Gasteiger partial charge in [-0.3, -0.25) is 9.88 Å². The van der Waals surface area contributed by atoms with Crippen molar-refractivity contribution >= 4 is 0 Å². The molecule has 1 aromatic rings. The van der Waals surface area contributed by atoms with E-state index in [1.54, 1.807) is 0 Å². The van der Waals surface area contributed by atoms with E-state index in [0.717, 1.165) is 12.2 Å². The van der Waals surface area contributed by atoms with Gasteiger partial charge in [0.2, 0.25) is 0 Å². The molecule has 2 nitrogen and oxygen atoms in total. The van der Waals surface area contributed by atoms with E-state index in [1.165, 1.54) is 5.56 Å². The third-order valence-corrected chi connectivity index (χ3v) is 2.27. The van der Waals surface area contributed by atoms with E-state index in [2.05, 4.69) is 49.8 Å². The van der Waals surface area contributed by atoms with Gasteiger partial charge in [0.1, 0.15) is 0 Å². The molecule has 0 saturated carbocycles. The summed E-state index contributed by atoms with van der Waals surface area (Å²) in [5.74, 6) is 0. The first-order valence-electron chi connectivity index (χ1n) is 4.71. The quantitative estimate of drug-likeness (QED) is 0.705. The highest BCUT2D eigenvalue weighted by Gasteiger charge is 2.04. The van der Waals surface area contributed by atoms with Crippen LogP contribution in [0.2, 0.25) is 0 Å². The van der Waals surface area contributed by atoms with Crippen molar-refractivity contribution in [3.05, 3.63) is 29.6 Å². The minimum absolute atomic E-state index is 0.572. The SMILES string of the molecule is Cc1ccc(CN(C)C(C)C)nc1. The molecule has 0 aliphatic rings. The molecule has 0 aromatic carbocycles. The summed E-state index contributed by atoms with van der Waals surface area (Å²) >= 11 is 0. The van der Waals surface area contributed by atoms with Crippen molar-refractivity contribution in [2.24, 2.45) is 0 Å². The van der Waals surface area contributed by atoms with Gasteiger partial charge in [-0.1, -0.05) is 6.07 Å². The first kappa shape index (κ1) is 10.2. The lowest BCUT2D eigenvalue weighted by molar-refractivity contribution is 0.262. The van der Waals surface area contributed by atoms with Crippen molar-refractivity contribution < 1.29 is 0 Å². The molecule has 72 valence electrons. The average molecular weight is 178 g/mol. The summed E-state index contributed by atoms with van der Waals surface area (Å²) in [4.78, 5) is 6.63. The number of pyridine rings is 1. The molecule has 0 atom stereocenters. The molecule has 0 fully saturated rings. The normalized spacial score (nSPS) is 11.2. The van der Waals surface area contributed by atoms with Crippen LogP contribution in [0.1, 0.15) is 25.1 Å². The molecular weight excluding hydrogens is 160 g/mol. The van der Waals surface area contributed by atoms with Crippen LogP contribution in [0.4, 0.5) is 0 Å². The molecule has 1 heterocycles. The van der Waals surface area contributed by atoms with E-state index >= 15 is 0 Å². The first-order chi connectivity index (χ1) is 6.09. The third kappa shape index (κ3) is 3.15. The van der Waals surface area contributed by atoms with Gasteiger partial charge >= 0.3 is 0 Å². The number of nitrogens with zero attached hydrogens (tertiary/aromatic N) is 2. The molecule has 0 N–H and O–H groups in total. The molecule has 2 heteroatoms. The van der Waals surface area contributed by atoms with Crippen molar-refractivity contribution in [2.75, 3.05) is 7.05 Å². The van der Waals surface area contributed by atoms with Gasteiger partial charge in [-0.25, -0.2) is 0 Å². The number of aryl methyl sites for hydroxylation is 1. The summed E-state index contributed by atoms with van der Waals surface area (Å²) in [6, 6.07) is 4.77. The highest BCUT2D eigenvalue weighted by atomic mass is 15.1. The van der Waals surface area contributed by atoms with Crippen LogP contribution in [0.5, 0.6) is 0 Å². The van der Waals surface area contributed by atoms with Crippen LogP contribution in [-0.4, -0.2) is 23.0 Å². The Morgan fingerprint density at radius 3 is 2.54 bits per heavy atom. The van der Waals surface area contributed by atoms with Crippen LogP contribution < -0.4 is 0 Å². The second-order valence-electron chi connectivity index (χ2n) is 3.84. The summed E-state index contributed by atoms with van der Waals surface area (Å²) in [5.41, 5.74) is 2.36. The van der Waals surface area contributed by atoms with Gasteiger partial charge < -0.3 is 0 Å². The Morgan fingerprint density at radius 2 is 2.08 bits per heavy atom. The molecule has 0 amide bonds. The average Bonchev–Trinajstić information content (AvgIpc) is 2.08. The van der Waals surface area contributed by atoms with Crippen LogP contribution in [0.25, 0.3) is 0 Å². The van der Waals surface area contributed by atoms with E-state index in [1.807, 2.05) is 6.20 Å². The minimum Gasteiger partial charge on any atom is -0.298 e. The molecule has 1 rings (SSSR count). The van der Waals surface area contributed by atoms with Crippen molar-refractivity contribution in [3.63, 3.8) is 0 Å². The molecule has 0 bridgehead atoms. The Kier molecular flexibility index (Phi) is 3.43. The van der Waals surface area contributed by atoms with E-state index in [4.69, 9.17) is 0 Å². The van der Waals surface area contributed by atoms with Gasteiger partial charge in [0, 0.05) is 18.8 Å². The molecule has 0 unspecified atom stereocenters. The number of rotatable bonds is 3. The summed E-state index contributed by atoms with van der Waals surface area (Å²) in [5, 5.41) is 0. The van der Waals surface area contributed by atoms with Crippen LogP contribution in [-0.2, 0) is 6.54 Å². The van der Waals surface area contributed by atoms with Gasteiger partial charge in [-0.15, -0.1) is 0 Å². The summed E-state index contributed by atoms with van der Waals surface area (Å²) < 4.78 is 0. The Bertz CT molecular complexity index is 251. The molecule has 0 aliphatic heterocycles. The molecule has 1 aromatic heterocycles. The lowest BCUT2D eigenvalue weighted by Crippen LogP contribution is -2.25. The summed E-state index contributed by atoms with van der Waals surface area (Å²) in [6.45, 7) is 7.36. The third-order valence-electron chi connectivity index (χ3n) is 2.27. The fourth-order valence-electron chi connectivity index (χ4n) is 1.03. The Morgan fingerprint density at radius 1 is 1.38 bits per heavy atom. The van der Waals surface area contributed by atoms with E-state index in [-0.39, 0.29) is 0 Å². The maximum atomic E-state index is 4.36. The van der Waals surface area contributed by atoms with Gasteiger partial charge in [-0.2, -0.15) is 0 Å². The maximum Gasteiger partial charge on any atom is 0.0544 e. The van der Waals surface area contributed by atoms with Gasteiger partial charge in [0.05, 0.1) is 5.69 Å². The Balaban J connectivity index is 2.59.